The fourth-order valence-corrected chi connectivity index (χ4v) is 5.42. The summed E-state index contributed by atoms with van der Waals surface area (Å²) in [6.07, 6.45) is 6.85. The van der Waals surface area contributed by atoms with Crippen molar-refractivity contribution in [2.45, 2.75) is 43.7 Å². The number of nitrogens with zero attached hydrogens (tertiary/aromatic N) is 3. The Kier molecular flexibility index (Phi) is 6.53. The normalized spacial score (nSPS) is 23.9. The number of aromatic nitrogens is 2. The van der Waals surface area contributed by atoms with Crippen LogP contribution in [-0.4, -0.2) is 63.8 Å². The monoisotopic (exact) mass is 480 g/mol. The van der Waals surface area contributed by atoms with Gasteiger partial charge < -0.3 is 15.2 Å². The minimum Gasteiger partial charge on any atom is -0.389 e. The Morgan fingerprint density at radius 1 is 1.26 bits per heavy atom. The third-order valence-electron chi connectivity index (χ3n) is 7.24. The standard InChI is InChI=1S/C26H29ClN4O3/c1-26(16-34-15-23(26)32)31-7-4-18(5-8-31)21-10-19-12-24(29-14-20(19)11-22(21)27)30-25(33)9-17-3-2-6-28-13-17/h2-3,6,10-14,18,23,32H,4-5,7-9,15-16H2,1H3,(H,29,30,33)/t23-,26+/m0/s1. The second-order valence-corrected chi connectivity index (χ2v) is 9.93. The van der Waals surface area contributed by atoms with Gasteiger partial charge in [0.15, 0.2) is 0 Å². The van der Waals surface area contributed by atoms with E-state index in [0.717, 1.165) is 52.9 Å². The third kappa shape index (κ3) is 4.66. The van der Waals surface area contributed by atoms with Crippen molar-refractivity contribution in [1.29, 1.82) is 0 Å². The molecule has 2 N–H and O–H groups in total. The maximum atomic E-state index is 12.4. The van der Waals surface area contributed by atoms with Gasteiger partial charge in [0.1, 0.15) is 5.82 Å². The topological polar surface area (TPSA) is 87.6 Å². The van der Waals surface area contributed by atoms with Gasteiger partial charge in [0, 0.05) is 29.0 Å². The Balaban J connectivity index is 1.30. The van der Waals surface area contributed by atoms with Crippen LogP contribution in [-0.2, 0) is 16.0 Å². The quantitative estimate of drug-likeness (QED) is 0.577. The maximum Gasteiger partial charge on any atom is 0.230 e. The highest BCUT2D eigenvalue weighted by Gasteiger charge is 2.45. The number of carbonyl (C=O) groups is 1. The van der Waals surface area contributed by atoms with Crippen molar-refractivity contribution in [3.63, 3.8) is 0 Å². The molecule has 0 saturated carbocycles. The number of likely N-dealkylation sites (tertiary alicyclic amines) is 1. The van der Waals surface area contributed by atoms with Crippen LogP contribution in [0.1, 0.15) is 36.8 Å². The summed E-state index contributed by atoms with van der Waals surface area (Å²) in [4.78, 5) is 23.2. The van der Waals surface area contributed by atoms with Crippen molar-refractivity contribution in [3.8, 4) is 0 Å². The van der Waals surface area contributed by atoms with Crippen LogP contribution in [0.25, 0.3) is 10.8 Å². The Hall–Kier alpha value is -2.58. The second kappa shape index (κ2) is 9.58. The SMILES string of the molecule is C[C@@]1(N2CCC(c3cc4cc(NC(=O)Cc5cccnc5)ncc4cc3Cl)CC2)COC[C@@H]1O. The Morgan fingerprint density at radius 2 is 2.09 bits per heavy atom. The highest BCUT2D eigenvalue weighted by molar-refractivity contribution is 6.32. The van der Waals surface area contributed by atoms with Gasteiger partial charge in [0.05, 0.1) is 31.3 Å². The Labute approximate surface area is 204 Å². The molecule has 2 aliphatic heterocycles. The lowest BCUT2D eigenvalue weighted by atomic mass is 9.85. The molecule has 1 aromatic carbocycles. The summed E-state index contributed by atoms with van der Waals surface area (Å²) in [5.41, 5.74) is 1.67. The number of amides is 1. The number of anilines is 1. The van der Waals surface area contributed by atoms with Crippen LogP contribution in [0.5, 0.6) is 0 Å². The minimum absolute atomic E-state index is 0.131. The largest absolute Gasteiger partial charge is 0.389 e. The zero-order valence-electron chi connectivity index (χ0n) is 19.2. The summed E-state index contributed by atoms with van der Waals surface area (Å²) in [7, 11) is 0. The number of rotatable bonds is 5. The molecule has 0 unspecified atom stereocenters. The lowest BCUT2D eigenvalue weighted by Crippen LogP contribution is -2.56. The summed E-state index contributed by atoms with van der Waals surface area (Å²) < 4.78 is 5.52. The molecule has 34 heavy (non-hydrogen) atoms. The van der Waals surface area contributed by atoms with Gasteiger partial charge in [-0.05, 0) is 79.6 Å². The van der Waals surface area contributed by atoms with Crippen LogP contribution in [0, 0.1) is 0 Å². The van der Waals surface area contributed by atoms with Crippen LogP contribution in [0.2, 0.25) is 5.02 Å². The van der Waals surface area contributed by atoms with E-state index in [0.29, 0.717) is 24.9 Å². The van der Waals surface area contributed by atoms with Crippen LogP contribution < -0.4 is 5.32 Å². The Morgan fingerprint density at radius 3 is 2.79 bits per heavy atom. The molecule has 0 bridgehead atoms. The summed E-state index contributed by atoms with van der Waals surface area (Å²) >= 11 is 6.69. The molecular formula is C26H29ClN4O3. The van der Waals surface area contributed by atoms with E-state index in [4.69, 9.17) is 16.3 Å². The summed E-state index contributed by atoms with van der Waals surface area (Å²) in [6.45, 7) is 4.84. The fourth-order valence-electron chi connectivity index (χ4n) is 5.10. The molecule has 2 fully saturated rings. The minimum atomic E-state index is -0.451. The molecule has 2 aliphatic rings. The van der Waals surface area contributed by atoms with Gasteiger partial charge in [-0.1, -0.05) is 17.7 Å². The van der Waals surface area contributed by atoms with Crippen LogP contribution in [0.15, 0.2) is 48.9 Å². The number of pyridine rings is 2. The molecule has 7 nitrogen and oxygen atoms in total. The number of hydrogen-bond acceptors (Lipinski definition) is 6. The van der Waals surface area contributed by atoms with Gasteiger partial charge in [0.25, 0.3) is 0 Å². The number of nitrogens with one attached hydrogen (secondary N) is 1. The summed E-state index contributed by atoms with van der Waals surface area (Å²) in [5, 5.41) is 16.0. The Bertz CT molecular complexity index is 1180. The molecule has 2 aromatic heterocycles. The van der Waals surface area contributed by atoms with E-state index in [-0.39, 0.29) is 17.9 Å². The number of aliphatic hydroxyl groups is 1. The average Bonchev–Trinajstić information content (AvgIpc) is 3.18. The van der Waals surface area contributed by atoms with Crippen LogP contribution >= 0.6 is 11.6 Å². The van der Waals surface area contributed by atoms with E-state index in [9.17, 15) is 9.90 Å². The van der Waals surface area contributed by atoms with Gasteiger partial charge in [-0.3, -0.25) is 14.7 Å². The molecule has 178 valence electrons. The number of carbonyl (C=O) groups excluding carboxylic acids is 1. The second-order valence-electron chi connectivity index (χ2n) is 9.53. The van der Waals surface area contributed by atoms with Gasteiger partial charge in [-0.15, -0.1) is 0 Å². The first-order valence-corrected chi connectivity index (χ1v) is 12.1. The van der Waals surface area contributed by atoms with Crippen molar-refractivity contribution in [2.75, 3.05) is 31.6 Å². The van der Waals surface area contributed by atoms with E-state index in [2.05, 4.69) is 33.2 Å². The zero-order valence-corrected chi connectivity index (χ0v) is 20.0. The van der Waals surface area contributed by atoms with Crippen LogP contribution in [0.4, 0.5) is 5.82 Å². The number of aliphatic hydroxyl groups excluding tert-OH is 1. The molecule has 1 amide bonds. The molecule has 5 rings (SSSR count). The van der Waals surface area contributed by atoms with Crippen molar-refractivity contribution in [1.82, 2.24) is 14.9 Å². The number of ether oxygens (including phenoxy) is 1. The number of halogens is 1. The number of fused-ring (bicyclic) bond motifs is 1. The molecule has 2 saturated heterocycles. The van der Waals surface area contributed by atoms with Crippen molar-refractivity contribution < 1.29 is 14.6 Å². The van der Waals surface area contributed by atoms with E-state index in [1.54, 1.807) is 18.6 Å². The van der Waals surface area contributed by atoms with Crippen LogP contribution in [0.3, 0.4) is 0 Å². The van der Waals surface area contributed by atoms with Crippen molar-refractivity contribution in [2.24, 2.45) is 0 Å². The van der Waals surface area contributed by atoms with Gasteiger partial charge in [-0.25, -0.2) is 4.98 Å². The summed E-state index contributed by atoms with van der Waals surface area (Å²) in [5.74, 6) is 0.730. The number of hydrogen-bond donors (Lipinski definition) is 2. The molecule has 3 aromatic rings. The van der Waals surface area contributed by atoms with E-state index < -0.39 is 6.10 Å². The number of piperidine rings is 1. The van der Waals surface area contributed by atoms with Gasteiger partial charge >= 0.3 is 0 Å². The number of benzene rings is 1. The smallest absolute Gasteiger partial charge is 0.230 e. The first-order chi connectivity index (χ1) is 16.4. The third-order valence-corrected chi connectivity index (χ3v) is 7.56. The molecular weight excluding hydrogens is 452 g/mol. The zero-order chi connectivity index (χ0) is 23.7. The predicted octanol–water partition coefficient (Wildman–Crippen LogP) is 3.79. The molecule has 8 heteroatoms. The fraction of sp³-hybridized carbons (Fsp3) is 0.423. The highest BCUT2D eigenvalue weighted by Crippen LogP contribution is 2.38. The van der Waals surface area contributed by atoms with E-state index >= 15 is 0 Å². The molecule has 4 heterocycles. The highest BCUT2D eigenvalue weighted by atomic mass is 35.5. The van der Waals surface area contributed by atoms with Gasteiger partial charge in [-0.2, -0.15) is 0 Å². The molecule has 2 atom stereocenters. The van der Waals surface area contributed by atoms with Crippen molar-refractivity contribution in [3.05, 3.63) is 65.1 Å². The average molecular weight is 481 g/mol. The first-order valence-electron chi connectivity index (χ1n) is 11.7. The van der Waals surface area contributed by atoms with E-state index in [1.807, 2.05) is 24.3 Å². The molecule has 0 spiro atoms. The summed E-state index contributed by atoms with van der Waals surface area (Å²) in [6, 6.07) is 9.69. The first kappa shape index (κ1) is 23.2. The van der Waals surface area contributed by atoms with E-state index in [1.165, 1.54) is 0 Å². The molecule has 0 radical (unpaired) electrons. The van der Waals surface area contributed by atoms with Gasteiger partial charge in [0.2, 0.25) is 5.91 Å². The lowest BCUT2D eigenvalue weighted by Gasteiger charge is -2.43. The van der Waals surface area contributed by atoms with Crippen molar-refractivity contribution >= 4 is 34.1 Å². The maximum absolute atomic E-state index is 12.4. The molecule has 0 aliphatic carbocycles. The predicted molar refractivity (Wildman–Crippen MR) is 132 cm³/mol. The lowest BCUT2D eigenvalue weighted by molar-refractivity contribution is -0.115.